The molecule has 1 N–H and O–H groups in total. The molecule has 0 amide bonds. The van der Waals surface area contributed by atoms with Crippen molar-refractivity contribution in [1.82, 2.24) is 0 Å². The van der Waals surface area contributed by atoms with Crippen molar-refractivity contribution < 1.29 is 28.9 Å². The van der Waals surface area contributed by atoms with E-state index in [1.54, 1.807) is 6.92 Å². The summed E-state index contributed by atoms with van der Waals surface area (Å²) in [6.07, 6.45) is 0. The third kappa shape index (κ3) is 3.85. The molecule has 0 aliphatic carbocycles. The smallest absolute Gasteiger partial charge is 0.349 e. The van der Waals surface area contributed by atoms with Crippen LogP contribution in [0.5, 0.6) is 0 Å². The Morgan fingerprint density at radius 3 is 2.33 bits per heavy atom. The minimum Gasteiger partial charge on any atom is -0.479 e. The molecule has 0 rings (SSSR count). The van der Waals surface area contributed by atoms with Crippen molar-refractivity contribution in [1.29, 1.82) is 0 Å². The maximum Gasteiger partial charge on any atom is 0.349 e. The lowest BCUT2D eigenvalue weighted by atomic mass is 10.1. The second-order valence-electron chi connectivity index (χ2n) is 2.90. The second-order valence-corrected chi connectivity index (χ2v) is 2.90. The van der Waals surface area contributed by atoms with Crippen molar-refractivity contribution in [3.8, 4) is 0 Å². The molecule has 0 aromatic carbocycles. The first-order valence-corrected chi connectivity index (χ1v) is 4.52. The summed E-state index contributed by atoms with van der Waals surface area (Å²) in [6.45, 7) is 3.08. The van der Waals surface area contributed by atoms with E-state index in [2.05, 4.69) is 9.47 Å². The van der Waals surface area contributed by atoms with Crippen molar-refractivity contribution >= 4 is 11.9 Å². The summed E-state index contributed by atoms with van der Waals surface area (Å²) < 4.78 is 14.2. The van der Waals surface area contributed by atoms with Gasteiger partial charge >= 0.3 is 11.9 Å². The molecular formula is C9H16O6. The van der Waals surface area contributed by atoms with Crippen LogP contribution < -0.4 is 0 Å². The second kappa shape index (κ2) is 6.36. The molecule has 0 aromatic rings. The first-order chi connectivity index (χ1) is 6.99. The monoisotopic (exact) mass is 220 g/mol. The molecule has 0 aromatic heterocycles. The Balaban J connectivity index is 4.44. The lowest BCUT2D eigenvalue weighted by molar-refractivity contribution is -0.186. The molecule has 88 valence electrons. The van der Waals surface area contributed by atoms with E-state index in [0.29, 0.717) is 0 Å². The average Bonchev–Trinajstić information content (AvgIpc) is 2.18. The van der Waals surface area contributed by atoms with Crippen LogP contribution in [0, 0.1) is 0 Å². The number of hydrogen-bond donors (Lipinski definition) is 1. The summed E-state index contributed by atoms with van der Waals surface area (Å²) in [6, 6.07) is 0. The Morgan fingerprint density at radius 2 is 1.93 bits per heavy atom. The molecule has 0 radical (unpaired) electrons. The number of hydrogen-bond acceptors (Lipinski definition) is 5. The predicted molar refractivity (Wildman–Crippen MR) is 50.5 cm³/mol. The highest BCUT2D eigenvalue weighted by Crippen LogP contribution is 2.13. The number of carboxylic acid groups (broad SMARTS) is 1. The highest BCUT2D eigenvalue weighted by molar-refractivity contribution is 6.02. The Bertz CT molecular complexity index is 227. The molecule has 6 heteroatoms. The molecule has 1 unspecified atom stereocenters. The zero-order valence-corrected chi connectivity index (χ0v) is 9.11. The van der Waals surface area contributed by atoms with Crippen molar-refractivity contribution in [3.05, 3.63) is 0 Å². The van der Waals surface area contributed by atoms with E-state index in [-0.39, 0.29) is 19.8 Å². The van der Waals surface area contributed by atoms with Crippen molar-refractivity contribution in [2.45, 2.75) is 19.4 Å². The zero-order valence-electron chi connectivity index (χ0n) is 9.11. The van der Waals surface area contributed by atoms with Gasteiger partial charge in [-0.3, -0.25) is 0 Å². The predicted octanol–water partition coefficient (Wildman–Crippen LogP) is 0.0558. The van der Waals surface area contributed by atoms with Gasteiger partial charge in [-0.15, -0.1) is 0 Å². The van der Waals surface area contributed by atoms with Gasteiger partial charge in [0.05, 0.1) is 19.8 Å². The van der Waals surface area contributed by atoms with Gasteiger partial charge in [0.1, 0.15) is 0 Å². The molecule has 6 nitrogen and oxygen atoms in total. The normalized spacial score (nSPS) is 14.3. The average molecular weight is 220 g/mol. The molecule has 1 atom stereocenters. The van der Waals surface area contributed by atoms with Crippen LogP contribution in [0.1, 0.15) is 13.8 Å². The molecule has 0 saturated heterocycles. The summed E-state index contributed by atoms with van der Waals surface area (Å²) in [5.41, 5.74) is -1.96. The van der Waals surface area contributed by atoms with Crippen LogP contribution in [-0.4, -0.2) is 49.6 Å². The van der Waals surface area contributed by atoms with E-state index >= 15 is 0 Å². The van der Waals surface area contributed by atoms with Crippen LogP contribution in [-0.2, 0) is 23.8 Å². The fraction of sp³-hybridized carbons (Fsp3) is 0.778. The lowest BCUT2D eigenvalue weighted by Crippen LogP contribution is -2.48. The largest absolute Gasteiger partial charge is 0.479 e. The number of carboxylic acids is 1. The van der Waals surface area contributed by atoms with Gasteiger partial charge in [-0.05, 0) is 13.8 Å². The van der Waals surface area contributed by atoms with Crippen LogP contribution >= 0.6 is 0 Å². The Kier molecular flexibility index (Phi) is 5.88. The number of carbonyl (C=O) groups is 2. The molecule has 0 fully saturated rings. The van der Waals surface area contributed by atoms with Gasteiger partial charge < -0.3 is 19.3 Å². The van der Waals surface area contributed by atoms with E-state index in [1.165, 1.54) is 7.11 Å². The van der Waals surface area contributed by atoms with Crippen LogP contribution in [0.2, 0.25) is 0 Å². The number of carbonyl (C=O) groups excluding carboxylic acids is 1. The molecular weight excluding hydrogens is 204 g/mol. The van der Waals surface area contributed by atoms with Gasteiger partial charge in [0.15, 0.2) is 0 Å². The van der Waals surface area contributed by atoms with Gasteiger partial charge in [0.2, 0.25) is 0 Å². The van der Waals surface area contributed by atoms with E-state index in [1.807, 2.05) is 0 Å². The number of ether oxygens (including phenoxy) is 3. The summed E-state index contributed by atoms with van der Waals surface area (Å²) in [5.74, 6) is -2.29. The minimum atomic E-state index is -1.96. The van der Waals surface area contributed by atoms with Crippen LogP contribution in [0.25, 0.3) is 0 Å². The van der Waals surface area contributed by atoms with Gasteiger partial charge in [-0.2, -0.15) is 0 Å². The van der Waals surface area contributed by atoms with Crippen molar-refractivity contribution in [2.75, 3.05) is 26.9 Å². The zero-order chi connectivity index (χ0) is 11.9. The Morgan fingerprint density at radius 1 is 1.33 bits per heavy atom. The first-order valence-electron chi connectivity index (χ1n) is 4.52. The van der Waals surface area contributed by atoms with E-state index in [9.17, 15) is 9.59 Å². The fourth-order valence-corrected chi connectivity index (χ4v) is 0.806. The molecule has 15 heavy (non-hydrogen) atoms. The lowest BCUT2D eigenvalue weighted by Gasteiger charge is -2.22. The van der Waals surface area contributed by atoms with Crippen LogP contribution in [0.3, 0.4) is 0 Å². The molecule has 0 aliphatic rings. The van der Waals surface area contributed by atoms with E-state index < -0.39 is 17.5 Å². The van der Waals surface area contributed by atoms with Gasteiger partial charge in [-0.25, -0.2) is 9.59 Å². The summed E-state index contributed by atoms with van der Waals surface area (Å²) in [5, 5.41) is 8.86. The van der Waals surface area contributed by atoms with E-state index in [4.69, 9.17) is 9.84 Å². The topological polar surface area (TPSA) is 82.1 Å². The molecule has 0 spiro atoms. The highest BCUT2D eigenvalue weighted by atomic mass is 16.6. The molecule has 0 aliphatic heterocycles. The first kappa shape index (κ1) is 13.9. The number of methoxy groups -OCH3 is 1. The standard InChI is InChI=1S/C9H16O6/c1-4-14-8(12)9(2,7(10)11)15-6-5-13-3/h4-6H2,1-3H3,(H,10,11). The fourth-order valence-electron chi connectivity index (χ4n) is 0.806. The van der Waals surface area contributed by atoms with Crippen molar-refractivity contribution in [3.63, 3.8) is 0 Å². The number of aliphatic carboxylic acids is 1. The quantitative estimate of drug-likeness (QED) is 0.371. The molecule has 0 heterocycles. The third-order valence-corrected chi connectivity index (χ3v) is 1.75. The Labute approximate surface area is 88.1 Å². The Hall–Kier alpha value is -1.14. The molecule has 0 saturated carbocycles. The number of esters is 1. The van der Waals surface area contributed by atoms with Gasteiger partial charge in [0, 0.05) is 7.11 Å². The number of rotatable bonds is 7. The van der Waals surface area contributed by atoms with Gasteiger partial charge in [0.25, 0.3) is 5.60 Å². The summed E-state index contributed by atoms with van der Waals surface area (Å²) in [4.78, 5) is 22.2. The van der Waals surface area contributed by atoms with Crippen LogP contribution in [0.4, 0.5) is 0 Å². The highest BCUT2D eigenvalue weighted by Gasteiger charge is 2.44. The maximum atomic E-state index is 11.3. The maximum absolute atomic E-state index is 11.3. The third-order valence-electron chi connectivity index (χ3n) is 1.75. The van der Waals surface area contributed by atoms with Gasteiger partial charge in [-0.1, -0.05) is 0 Å². The summed E-state index contributed by atoms with van der Waals surface area (Å²) in [7, 11) is 1.45. The SMILES string of the molecule is CCOC(=O)C(C)(OCCOC)C(=O)O. The minimum absolute atomic E-state index is 0.0120. The van der Waals surface area contributed by atoms with Crippen LogP contribution in [0.15, 0.2) is 0 Å². The summed E-state index contributed by atoms with van der Waals surface area (Å²) >= 11 is 0. The van der Waals surface area contributed by atoms with E-state index in [0.717, 1.165) is 6.92 Å². The molecule has 0 bridgehead atoms. The van der Waals surface area contributed by atoms with Crippen molar-refractivity contribution in [2.24, 2.45) is 0 Å².